The minimum absolute atomic E-state index is 0.0530. The van der Waals surface area contributed by atoms with Crippen molar-refractivity contribution < 1.29 is 4.79 Å². The molecule has 1 aliphatic rings. The minimum Gasteiger partial charge on any atom is -0.372 e. The van der Waals surface area contributed by atoms with Crippen LogP contribution in [0.4, 0.5) is 11.4 Å². The van der Waals surface area contributed by atoms with Crippen molar-refractivity contribution in [2.75, 3.05) is 23.3 Å². The molecular formula is C16H20N4OS. The number of aromatic nitrogens is 1. The third kappa shape index (κ3) is 3.64. The monoisotopic (exact) mass is 316 g/mol. The zero-order valence-corrected chi connectivity index (χ0v) is 13.2. The maximum absolute atomic E-state index is 12.0. The lowest BCUT2D eigenvalue weighted by Crippen LogP contribution is -2.18. The van der Waals surface area contributed by atoms with Crippen LogP contribution in [0.1, 0.15) is 23.5 Å². The Labute approximate surface area is 134 Å². The molecule has 1 saturated heterocycles. The summed E-state index contributed by atoms with van der Waals surface area (Å²) in [5, 5.41) is 5.66. The number of hydrogen-bond donors (Lipinski definition) is 2. The fraction of sp³-hybridized carbons (Fsp3) is 0.375. The standard InChI is InChI=1S/C16H20N4OS/c17-10-16-19-13(11-22-16)9-15(21)18-12-3-5-14(6-4-12)20-7-1-2-8-20/h3-6,11H,1-2,7-10,17H2,(H,18,21). The van der Waals surface area contributed by atoms with E-state index in [9.17, 15) is 4.79 Å². The first-order chi connectivity index (χ1) is 10.7. The van der Waals surface area contributed by atoms with E-state index in [1.54, 1.807) is 0 Å². The van der Waals surface area contributed by atoms with E-state index in [-0.39, 0.29) is 12.3 Å². The van der Waals surface area contributed by atoms with Gasteiger partial charge in [-0.15, -0.1) is 11.3 Å². The van der Waals surface area contributed by atoms with Crippen LogP contribution in [0.25, 0.3) is 0 Å². The van der Waals surface area contributed by atoms with E-state index in [0.29, 0.717) is 6.54 Å². The molecule has 1 aromatic carbocycles. The highest BCUT2D eigenvalue weighted by Crippen LogP contribution is 2.22. The van der Waals surface area contributed by atoms with Gasteiger partial charge in [0.1, 0.15) is 5.01 Å². The zero-order valence-electron chi connectivity index (χ0n) is 12.4. The zero-order chi connectivity index (χ0) is 15.4. The van der Waals surface area contributed by atoms with E-state index in [4.69, 9.17) is 5.73 Å². The molecule has 3 rings (SSSR count). The van der Waals surface area contributed by atoms with Gasteiger partial charge in [-0.05, 0) is 37.1 Å². The first kappa shape index (κ1) is 15.0. The van der Waals surface area contributed by atoms with Crippen LogP contribution >= 0.6 is 11.3 Å². The predicted octanol–water partition coefficient (Wildman–Crippen LogP) is 2.38. The number of nitrogens with zero attached hydrogens (tertiary/aromatic N) is 2. The van der Waals surface area contributed by atoms with Gasteiger partial charge < -0.3 is 16.0 Å². The van der Waals surface area contributed by atoms with Crippen molar-refractivity contribution in [3.63, 3.8) is 0 Å². The minimum atomic E-state index is -0.0530. The molecule has 0 saturated carbocycles. The van der Waals surface area contributed by atoms with Crippen LogP contribution in [0.3, 0.4) is 0 Å². The van der Waals surface area contributed by atoms with Crippen molar-refractivity contribution in [1.82, 2.24) is 4.98 Å². The topological polar surface area (TPSA) is 71.2 Å². The third-order valence-corrected chi connectivity index (χ3v) is 4.66. The summed E-state index contributed by atoms with van der Waals surface area (Å²) in [5.74, 6) is -0.0530. The number of anilines is 2. The van der Waals surface area contributed by atoms with E-state index in [1.807, 2.05) is 17.5 Å². The quantitative estimate of drug-likeness (QED) is 0.888. The highest BCUT2D eigenvalue weighted by molar-refractivity contribution is 7.09. The molecule has 1 aliphatic heterocycles. The van der Waals surface area contributed by atoms with Crippen molar-refractivity contribution >= 4 is 28.6 Å². The average molecular weight is 316 g/mol. The molecule has 22 heavy (non-hydrogen) atoms. The molecule has 3 N–H and O–H groups in total. The number of hydrogen-bond acceptors (Lipinski definition) is 5. The second-order valence-electron chi connectivity index (χ2n) is 5.40. The lowest BCUT2D eigenvalue weighted by molar-refractivity contribution is -0.115. The van der Waals surface area contributed by atoms with Gasteiger partial charge in [-0.2, -0.15) is 0 Å². The molecule has 0 bridgehead atoms. The summed E-state index contributed by atoms with van der Waals surface area (Å²) in [6, 6.07) is 8.04. The Morgan fingerprint density at radius 1 is 1.27 bits per heavy atom. The van der Waals surface area contributed by atoms with E-state index < -0.39 is 0 Å². The Bertz CT molecular complexity index is 632. The number of benzene rings is 1. The molecule has 0 spiro atoms. The third-order valence-electron chi connectivity index (χ3n) is 3.74. The van der Waals surface area contributed by atoms with Crippen molar-refractivity contribution in [2.24, 2.45) is 5.73 Å². The van der Waals surface area contributed by atoms with Crippen LogP contribution in [-0.4, -0.2) is 24.0 Å². The second kappa shape index (κ2) is 6.89. The molecule has 1 aromatic heterocycles. The fourth-order valence-electron chi connectivity index (χ4n) is 2.62. The highest BCUT2D eigenvalue weighted by atomic mass is 32.1. The van der Waals surface area contributed by atoms with Gasteiger partial charge in [0.25, 0.3) is 0 Å². The molecule has 2 heterocycles. The second-order valence-corrected chi connectivity index (χ2v) is 6.35. The Morgan fingerprint density at radius 3 is 2.64 bits per heavy atom. The Balaban J connectivity index is 1.56. The van der Waals surface area contributed by atoms with Gasteiger partial charge in [0.15, 0.2) is 0 Å². The number of carbonyl (C=O) groups excluding carboxylic acids is 1. The van der Waals surface area contributed by atoms with E-state index in [0.717, 1.165) is 29.5 Å². The summed E-state index contributed by atoms with van der Waals surface area (Å²) in [6.07, 6.45) is 2.80. The normalized spacial score (nSPS) is 14.3. The Kier molecular flexibility index (Phi) is 4.70. The van der Waals surface area contributed by atoms with Crippen LogP contribution in [0, 0.1) is 0 Å². The van der Waals surface area contributed by atoms with Crippen LogP contribution in [0.5, 0.6) is 0 Å². The van der Waals surface area contributed by atoms with Gasteiger partial charge in [-0.25, -0.2) is 4.98 Å². The molecule has 0 unspecified atom stereocenters. The van der Waals surface area contributed by atoms with Gasteiger partial charge >= 0.3 is 0 Å². The van der Waals surface area contributed by atoms with Crippen molar-refractivity contribution in [3.05, 3.63) is 40.3 Å². The molecule has 116 valence electrons. The highest BCUT2D eigenvalue weighted by Gasteiger charge is 2.12. The number of nitrogens with two attached hydrogens (primary N) is 1. The summed E-state index contributed by atoms with van der Waals surface area (Å²) >= 11 is 1.49. The molecule has 0 atom stereocenters. The first-order valence-corrected chi connectivity index (χ1v) is 8.41. The molecule has 0 aliphatic carbocycles. The molecule has 1 amide bonds. The summed E-state index contributed by atoms with van der Waals surface area (Å²) in [6.45, 7) is 2.67. The van der Waals surface area contributed by atoms with Gasteiger partial charge in [0, 0.05) is 36.4 Å². The molecule has 1 fully saturated rings. The molecular weight excluding hydrogens is 296 g/mol. The summed E-state index contributed by atoms with van der Waals surface area (Å²) in [5.41, 5.74) is 8.35. The van der Waals surface area contributed by atoms with E-state index in [1.165, 1.54) is 29.9 Å². The Morgan fingerprint density at radius 2 is 2.00 bits per heavy atom. The summed E-state index contributed by atoms with van der Waals surface area (Å²) < 4.78 is 0. The first-order valence-electron chi connectivity index (χ1n) is 7.53. The van der Waals surface area contributed by atoms with Crippen molar-refractivity contribution in [1.29, 1.82) is 0 Å². The molecule has 0 radical (unpaired) electrons. The SMILES string of the molecule is NCc1nc(CC(=O)Nc2ccc(N3CCCC3)cc2)cs1. The largest absolute Gasteiger partial charge is 0.372 e. The lowest BCUT2D eigenvalue weighted by atomic mass is 10.2. The number of rotatable bonds is 5. The molecule has 2 aromatic rings. The number of carbonyl (C=O) groups is 1. The van der Waals surface area contributed by atoms with E-state index in [2.05, 4.69) is 27.3 Å². The van der Waals surface area contributed by atoms with Crippen molar-refractivity contribution in [3.8, 4) is 0 Å². The molecule has 5 nitrogen and oxygen atoms in total. The maximum atomic E-state index is 12.0. The average Bonchev–Trinajstić information content (AvgIpc) is 3.19. The smallest absolute Gasteiger partial charge is 0.230 e. The van der Waals surface area contributed by atoms with Gasteiger partial charge in [-0.1, -0.05) is 0 Å². The van der Waals surface area contributed by atoms with Gasteiger partial charge in [-0.3, -0.25) is 4.79 Å². The summed E-state index contributed by atoms with van der Waals surface area (Å²) in [4.78, 5) is 18.7. The van der Waals surface area contributed by atoms with Gasteiger partial charge in [0.2, 0.25) is 5.91 Å². The van der Waals surface area contributed by atoms with Gasteiger partial charge in [0.05, 0.1) is 12.1 Å². The fourth-order valence-corrected chi connectivity index (χ4v) is 3.30. The number of thiazole rings is 1. The lowest BCUT2D eigenvalue weighted by Gasteiger charge is -2.17. The Hall–Kier alpha value is -1.92. The molecule has 6 heteroatoms. The van der Waals surface area contributed by atoms with Crippen LogP contribution < -0.4 is 16.0 Å². The van der Waals surface area contributed by atoms with Crippen LogP contribution in [0.2, 0.25) is 0 Å². The van der Waals surface area contributed by atoms with E-state index >= 15 is 0 Å². The van der Waals surface area contributed by atoms with Crippen molar-refractivity contribution in [2.45, 2.75) is 25.8 Å². The maximum Gasteiger partial charge on any atom is 0.230 e. The number of amides is 1. The summed E-state index contributed by atoms with van der Waals surface area (Å²) in [7, 11) is 0. The number of nitrogens with one attached hydrogen (secondary N) is 1. The van der Waals surface area contributed by atoms with Crippen LogP contribution in [0.15, 0.2) is 29.6 Å². The predicted molar refractivity (Wildman–Crippen MR) is 90.2 cm³/mol. The van der Waals surface area contributed by atoms with Crippen LogP contribution in [-0.2, 0) is 17.8 Å².